The SMILES string of the molecule is O=C(Nc1ccc(OC(F)(F)F)cc1)c1cc(F)c(F)c(F)c1F. The largest absolute Gasteiger partial charge is 0.573 e. The maximum Gasteiger partial charge on any atom is 0.573 e. The number of nitrogens with one attached hydrogen (secondary N) is 1. The van der Waals surface area contributed by atoms with Crippen molar-refractivity contribution in [2.24, 2.45) is 0 Å². The molecule has 0 aliphatic carbocycles. The van der Waals surface area contributed by atoms with Gasteiger partial charge in [-0.15, -0.1) is 13.2 Å². The number of alkyl halides is 3. The van der Waals surface area contributed by atoms with Gasteiger partial charge >= 0.3 is 6.36 Å². The van der Waals surface area contributed by atoms with Crippen LogP contribution in [0.4, 0.5) is 36.4 Å². The number of anilines is 1. The molecule has 0 bridgehead atoms. The molecule has 0 atom stereocenters. The molecule has 0 aliphatic rings. The minimum Gasteiger partial charge on any atom is -0.406 e. The highest BCUT2D eigenvalue weighted by molar-refractivity contribution is 6.04. The molecule has 0 spiro atoms. The lowest BCUT2D eigenvalue weighted by Crippen LogP contribution is -2.17. The van der Waals surface area contributed by atoms with Gasteiger partial charge in [-0.2, -0.15) is 0 Å². The van der Waals surface area contributed by atoms with Gasteiger partial charge in [-0.1, -0.05) is 0 Å². The van der Waals surface area contributed by atoms with Crippen LogP contribution in [0.15, 0.2) is 30.3 Å². The summed E-state index contributed by atoms with van der Waals surface area (Å²) >= 11 is 0. The van der Waals surface area contributed by atoms with Crippen LogP contribution in [0.1, 0.15) is 10.4 Å². The number of hydrogen-bond acceptors (Lipinski definition) is 2. The third kappa shape index (κ3) is 3.94. The van der Waals surface area contributed by atoms with Crippen molar-refractivity contribution in [2.75, 3.05) is 5.32 Å². The summed E-state index contributed by atoms with van der Waals surface area (Å²) < 4.78 is 92.0. The molecule has 0 aromatic heterocycles. The number of rotatable bonds is 3. The highest BCUT2D eigenvalue weighted by Gasteiger charge is 2.31. The van der Waals surface area contributed by atoms with E-state index < -0.39 is 46.9 Å². The van der Waals surface area contributed by atoms with Crippen molar-refractivity contribution in [1.82, 2.24) is 0 Å². The highest BCUT2D eigenvalue weighted by Crippen LogP contribution is 2.25. The normalized spacial score (nSPS) is 11.3. The molecule has 2 aromatic carbocycles. The third-order valence-electron chi connectivity index (χ3n) is 2.69. The standard InChI is InChI=1S/C14H6F7NO2/c15-9-5-8(10(16)12(18)11(9)17)13(23)22-6-1-3-7(4-2-6)24-14(19,20)21/h1-5H,(H,22,23). The minimum absolute atomic E-state index is 0.112. The Balaban J connectivity index is 2.19. The summed E-state index contributed by atoms with van der Waals surface area (Å²) in [6.45, 7) is 0. The average molecular weight is 353 g/mol. The van der Waals surface area contributed by atoms with Gasteiger partial charge in [0.25, 0.3) is 5.91 Å². The molecule has 0 aliphatic heterocycles. The molecule has 10 heteroatoms. The van der Waals surface area contributed by atoms with Crippen molar-refractivity contribution in [3.8, 4) is 5.75 Å². The molecule has 0 heterocycles. The fraction of sp³-hybridized carbons (Fsp3) is 0.0714. The van der Waals surface area contributed by atoms with E-state index in [-0.39, 0.29) is 11.8 Å². The third-order valence-corrected chi connectivity index (χ3v) is 2.69. The molecule has 24 heavy (non-hydrogen) atoms. The predicted molar refractivity (Wildman–Crippen MR) is 67.4 cm³/mol. The lowest BCUT2D eigenvalue weighted by molar-refractivity contribution is -0.274. The lowest BCUT2D eigenvalue weighted by Gasteiger charge is -2.10. The molecule has 0 unspecified atom stereocenters. The molecule has 1 N–H and O–H groups in total. The van der Waals surface area contributed by atoms with Crippen LogP contribution in [0.3, 0.4) is 0 Å². The summed E-state index contributed by atoms with van der Waals surface area (Å²) in [7, 11) is 0. The Labute approximate surface area is 129 Å². The number of hydrogen-bond donors (Lipinski definition) is 1. The van der Waals surface area contributed by atoms with Crippen LogP contribution in [-0.2, 0) is 0 Å². The van der Waals surface area contributed by atoms with Gasteiger partial charge in [0.05, 0.1) is 5.56 Å². The first-order valence-electron chi connectivity index (χ1n) is 6.08. The number of amides is 1. The van der Waals surface area contributed by atoms with Crippen molar-refractivity contribution >= 4 is 11.6 Å². The molecule has 0 radical (unpaired) electrons. The van der Waals surface area contributed by atoms with E-state index in [1.165, 1.54) is 0 Å². The molecule has 2 aromatic rings. The zero-order valence-electron chi connectivity index (χ0n) is 11.3. The Kier molecular flexibility index (Phi) is 4.67. The van der Waals surface area contributed by atoms with E-state index >= 15 is 0 Å². The molecular weight excluding hydrogens is 347 g/mol. The van der Waals surface area contributed by atoms with Gasteiger partial charge in [0.1, 0.15) is 5.75 Å². The van der Waals surface area contributed by atoms with Gasteiger partial charge < -0.3 is 10.1 Å². The summed E-state index contributed by atoms with van der Waals surface area (Å²) in [6, 6.07) is 3.82. The fourth-order valence-electron chi connectivity index (χ4n) is 1.68. The molecule has 128 valence electrons. The second-order valence-corrected chi connectivity index (χ2v) is 4.37. The number of benzene rings is 2. The Morgan fingerprint density at radius 1 is 0.917 bits per heavy atom. The molecule has 0 fully saturated rings. The van der Waals surface area contributed by atoms with Gasteiger partial charge in [-0.3, -0.25) is 4.79 Å². The quantitative estimate of drug-likeness (QED) is 0.505. The summed E-state index contributed by atoms with van der Waals surface area (Å²) in [6.07, 6.45) is -4.91. The number of halogens is 7. The molecule has 3 nitrogen and oxygen atoms in total. The van der Waals surface area contributed by atoms with E-state index in [4.69, 9.17) is 0 Å². The van der Waals surface area contributed by atoms with E-state index in [0.29, 0.717) is 0 Å². The highest BCUT2D eigenvalue weighted by atomic mass is 19.4. The van der Waals surface area contributed by atoms with Gasteiger partial charge in [-0.25, -0.2) is 17.6 Å². The minimum atomic E-state index is -4.91. The lowest BCUT2D eigenvalue weighted by atomic mass is 10.1. The maximum atomic E-state index is 13.5. The summed E-state index contributed by atoms with van der Waals surface area (Å²) in [4.78, 5) is 11.7. The Hall–Kier alpha value is -2.78. The van der Waals surface area contributed by atoms with Crippen LogP contribution in [0.25, 0.3) is 0 Å². The van der Waals surface area contributed by atoms with Crippen molar-refractivity contribution in [1.29, 1.82) is 0 Å². The van der Waals surface area contributed by atoms with Crippen LogP contribution in [0, 0.1) is 23.3 Å². The van der Waals surface area contributed by atoms with E-state index in [1.807, 2.05) is 5.32 Å². The average Bonchev–Trinajstić information content (AvgIpc) is 2.49. The second kappa shape index (κ2) is 6.38. The summed E-state index contributed by atoms with van der Waals surface area (Å²) in [5, 5.41) is 1.99. The van der Waals surface area contributed by atoms with E-state index in [1.54, 1.807) is 0 Å². The Morgan fingerprint density at radius 3 is 2.04 bits per heavy atom. The first kappa shape index (κ1) is 17.6. The van der Waals surface area contributed by atoms with Crippen LogP contribution in [0.5, 0.6) is 5.75 Å². The number of carbonyl (C=O) groups is 1. The zero-order chi connectivity index (χ0) is 18.1. The molecule has 2 rings (SSSR count). The summed E-state index contributed by atoms with van der Waals surface area (Å²) in [5.41, 5.74) is -1.22. The van der Waals surface area contributed by atoms with E-state index in [0.717, 1.165) is 24.3 Å². The predicted octanol–water partition coefficient (Wildman–Crippen LogP) is 4.39. The smallest absolute Gasteiger partial charge is 0.406 e. The van der Waals surface area contributed by atoms with E-state index in [2.05, 4.69) is 4.74 Å². The molecular formula is C14H6F7NO2. The molecule has 1 amide bonds. The molecule has 0 saturated heterocycles. The van der Waals surface area contributed by atoms with Gasteiger partial charge in [0.2, 0.25) is 0 Å². The fourth-order valence-corrected chi connectivity index (χ4v) is 1.68. The van der Waals surface area contributed by atoms with Gasteiger partial charge in [0, 0.05) is 5.69 Å². The zero-order valence-corrected chi connectivity index (χ0v) is 11.3. The van der Waals surface area contributed by atoms with Gasteiger partial charge in [0.15, 0.2) is 23.3 Å². The number of carbonyl (C=O) groups excluding carboxylic acids is 1. The Bertz CT molecular complexity index is 772. The van der Waals surface area contributed by atoms with Crippen molar-refractivity contribution in [3.63, 3.8) is 0 Å². The van der Waals surface area contributed by atoms with Crippen LogP contribution >= 0.6 is 0 Å². The number of ether oxygens (including phenoxy) is 1. The first-order valence-corrected chi connectivity index (χ1v) is 6.08. The summed E-state index contributed by atoms with van der Waals surface area (Å²) in [5.74, 6) is -9.80. The maximum absolute atomic E-state index is 13.5. The van der Waals surface area contributed by atoms with Crippen LogP contribution < -0.4 is 10.1 Å². The Morgan fingerprint density at radius 2 is 1.50 bits per heavy atom. The monoisotopic (exact) mass is 353 g/mol. The van der Waals surface area contributed by atoms with Crippen molar-refractivity contribution in [3.05, 3.63) is 59.2 Å². The topological polar surface area (TPSA) is 38.3 Å². The van der Waals surface area contributed by atoms with Crippen LogP contribution in [0.2, 0.25) is 0 Å². The second-order valence-electron chi connectivity index (χ2n) is 4.37. The molecule has 0 saturated carbocycles. The van der Waals surface area contributed by atoms with Crippen molar-refractivity contribution in [2.45, 2.75) is 6.36 Å². The van der Waals surface area contributed by atoms with Gasteiger partial charge in [-0.05, 0) is 30.3 Å². The van der Waals surface area contributed by atoms with Crippen molar-refractivity contribution < 1.29 is 40.3 Å². The first-order chi connectivity index (χ1) is 11.1. The van der Waals surface area contributed by atoms with Crippen LogP contribution in [-0.4, -0.2) is 12.3 Å². The van der Waals surface area contributed by atoms with E-state index in [9.17, 15) is 35.5 Å².